The summed E-state index contributed by atoms with van der Waals surface area (Å²) in [4.78, 5) is 17.6. The molecule has 35 heavy (non-hydrogen) atoms. The predicted octanol–water partition coefficient (Wildman–Crippen LogP) is 7.93. The number of nitrogens with one attached hydrogen (secondary N) is 1. The highest BCUT2D eigenvalue weighted by Gasteiger charge is 2.14. The van der Waals surface area contributed by atoms with Crippen LogP contribution in [0.4, 0.5) is 10.1 Å². The van der Waals surface area contributed by atoms with Crippen molar-refractivity contribution < 1.29 is 9.18 Å². The van der Waals surface area contributed by atoms with Crippen molar-refractivity contribution in [3.63, 3.8) is 0 Å². The maximum atomic E-state index is 13.2. The number of rotatable bonds is 5. The van der Waals surface area contributed by atoms with Gasteiger partial charge in [-0.25, -0.2) is 4.39 Å². The predicted molar refractivity (Wildman–Crippen MR) is 140 cm³/mol. The fourth-order valence-electron chi connectivity index (χ4n) is 4.10. The number of carbonyl (C=O) groups excluding carboxylic acids is 1. The van der Waals surface area contributed by atoms with Crippen molar-refractivity contribution in [3.8, 4) is 11.1 Å². The van der Waals surface area contributed by atoms with Crippen LogP contribution >= 0.6 is 11.6 Å². The Kier molecular flexibility index (Phi) is 6.30. The Morgan fingerprint density at radius 3 is 2.20 bits per heavy atom. The number of hydrogen-bond donors (Lipinski definition) is 1. The number of carbonyl (C=O) groups is 1. The zero-order chi connectivity index (χ0) is 24.4. The Labute approximate surface area is 208 Å². The van der Waals surface area contributed by atoms with Gasteiger partial charge in [0.05, 0.1) is 10.9 Å². The van der Waals surface area contributed by atoms with Gasteiger partial charge >= 0.3 is 0 Å². The molecular formula is C30H22ClFN2O. The molecule has 5 rings (SSSR count). The third-order valence-corrected chi connectivity index (χ3v) is 6.59. The van der Waals surface area contributed by atoms with E-state index in [1.165, 1.54) is 12.1 Å². The highest BCUT2D eigenvalue weighted by Crippen LogP contribution is 2.32. The molecule has 1 unspecified atom stereocenters. The molecule has 1 heterocycles. The molecule has 0 aliphatic rings. The van der Waals surface area contributed by atoms with Crippen molar-refractivity contribution in [3.05, 3.63) is 131 Å². The molecule has 1 atom stereocenters. The summed E-state index contributed by atoms with van der Waals surface area (Å²) in [6.45, 7) is 1.94. The number of benzene rings is 4. The first-order chi connectivity index (χ1) is 17.0. The van der Waals surface area contributed by atoms with Crippen LogP contribution in [-0.4, -0.2) is 10.9 Å². The number of aryl methyl sites for hydroxylation is 1. The highest BCUT2D eigenvalue weighted by molar-refractivity contribution is 6.22. The van der Waals surface area contributed by atoms with Crippen LogP contribution in [0.1, 0.15) is 32.4 Å². The number of alkyl halides is 1. The first-order valence-corrected chi connectivity index (χ1v) is 11.7. The quantitative estimate of drug-likeness (QED) is 0.259. The van der Waals surface area contributed by atoms with Crippen molar-refractivity contribution in [1.29, 1.82) is 0 Å². The highest BCUT2D eigenvalue weighted by atomic mass is 35.5. The maximum absolute atomic E-state index is 13.2. The molecule has 0 saturated heterocycles. The third kappa shape index (κ3) is 4.79. The zero-order valence-corrected chi connectivity index (χ0v) is 19.8. The summed E-state index contributed by atoms with van der Waals surface area (Å²) in [6.07, 6.45) is 1.79. The SMILES string of the molecule is Cc1c(NC(=O)c2ccc(-c3ccc(F)cc3)cc2)ccc2cc(C(Cl)c3ccccc3)cnc12. The maximum Gasteiger partial charge on any atom is 0.255 e. The molecule has 3 nitrogen and oxygen atoms in total. The summed E-state index contributed by atoms with van der Waals surface area (Å²) in [5.74, 6) is -0.487. The Balaban J connectivity index is 1.35. The van der Waals surface area contributed by atoms with E-state index in [2.05, 4.69) is 10.3 Å². The summed E-state index contributed by atoms with van der Waals surface area (Å²) in [5, 5.41) is 3.67. The average molecular weight is 481 g/mol. The Morgan fingerprint density at radius 2 is 1.51 bits per heavy atom. The van der Waals surface area contributed by atoms with Gasteiger partial charge in [0, 0.05) is 22.8 Å². The van der Waals surface area contributed by atoms with Gasteiger partial charge in [0.15, 0.2) is 0 Å². The third-order valence-electron chi connectivity index (χ3n) is 6.08. The number of aromatic nitrogens is 1. The van der Waals surface area contributed by atoms with E-state index >= 15 is 0 Å². The minimum Gasteiger partial charge on any atom is -0.322 e. The van der Waals surface area contributed by atoms with Gasteiger partial charge in [-0.1, -0.05) is 60.7 Å². The summed E-state index contributed by atoms with van der Waals surface area (Å²) in [5.41, 5.74) is 6.68. The summed E-state index contributed by atoms with van der Waals surface area (Å²) in [6, 6.07) is 29.3. The Bertz CT molecular complexity index is 1500. The first-order valence-electron chi connectivity index (χ1n) is 11.3. The van der Waals surface area contributed by atoms with Gasteiger partial charge in [0.2, 0.25) is 0 Å². The molecule has 1 N–H and O–H groups in total. The average Bonchev–Trinajstić information content (AvgIpc) is 2.90. The van der Waals surface area contributed by atoms with Crippen LogP contribution in [0.25, 0.3) is 22.0 Å². The molecule has 172 valence electrons. The van der Waals surface area contributed by atoms with Crippen molar-refractivity contribution in [2.75, 3.05) is 5.32 Å². The van der Waals surface area contributed by atoms with E-state index in [0.29, 0.717) is 11.3 Å². The first kappa shape index (κ1) is 22.8. The molecule has 0 saturated carbocycles. The molecular weight excluding hydrogens is 459 g/mol. The van der Waals surface area contributed by atoms with Gasteiger partial charge in [-0.05, 0) is 71.1 Å². The Morgan fingerprint density at radius 1 is 0.857 bits per heavy atom. The van der Waals surface area contributed by atoms with Crippen LogP contribution in [0.5, 0.6) is 0 Å². The van der Waals surface area contributed by atoms with Gasteiger partial charge in [-0.2, -0.15) is 0 Å². The standard InChI is InChI=1S/C30H22ClFN2O/c1-19-27(34-30(35)23-9-7-20(8-10-23)21-11-14-26(32)15-12-21)16-13-24-17-25(18-33-29(19)24)28(31)22-5-3-2-4-6-22/h2-18,28H,1H3,(H,34,35). The number of amides is 1. The lowest BCUT2D eigenvalue weighted by Crippen LogP contribution is -2.13. The fourth-order valence-corrected chi connectivity index (χ4v) is 4.37. The molecule has 5 heteroatoms. The number of halogens is 2. The van der Waals surface area contributed by atoms with E-state index in [9.17, 15) is 9.18 Å². The number of nitrogens with zero attached hydrogens (tertiary/aromatic N) is 1. The van der Waals surface area contributed by atoms with Gasteiger partial charge in [0.25, 0.3) is 5.91 Å². The van der Waals surface area contributed by atoms with Crippen molar-refractivity contribution >= 4 is 34.1 Å². The molecule has 0 aliphatic carbocycles. The monoisotopic (exact) mass is 480 g/mol. The van der Waals surface area contributed by atoms with Crippen molar-refractivity contribution in [2.45, 2.75) is 12.3 Å². The smallest absolute Gasteiger partial charge is 0.255 e. The minimum atomic E-state index is -0.286. The van der Waals surface area contributed by atoms with Gasteiger partial charge in [-0.15, -0.1) is 11.6 Å². The molecule has 0 radical (unpaired) electrons. The van der Waals surface area contributed by atoms with E-state index in [0.717, 1.165) is 38.7 Å². The van der Waals surface area contributed by atoms with Crippen LogP contribution in [-0.2, 0) is 0 Å². The molecule has 0 bridgehead atoms. The molecule has 1 amide bonds. The number of anilines is 1. The number of fused-ring (bicyclic) bond motifs is 1. The lowest BCUT2D eigenvalue weighted by molar-refractivity contribution is 0.102. The summed E-state index contributed by atoms with van der Waals surface area (Å²) in [7, 11) is 0. The topological polar surface area (TPSA) is 42.0 Å². The van der Waals surface area contributed by atoms with Gasteiger partial charge < -0.3 is 5.32 Å². The normalized spacial score (nSPS) is 11.9. The minimum absolute atomic E-state index is 0.209. The van der Waals surface area contributed by atoms with Crippen molar-refractivity contribution in [1.82, 2.24) is 4.98 Å². The molecule has 0 fully saturated rings. The molecule has 4 aromatic carbocycles. The second-order valence-corrected chi connectivity index (χ2v) is 8.83. The van der Waals surface area contributed by atoms with Crippen LogP contribution in [0.2, 0.25) is 0 Å². The largest absolute Gasteiger partial charge is 0.322 e. The van der Waals surface area contributed by atoms with E-state index in [1.54, 1.807) is 30.5 Å². The fraction of sp³-hybridized carbons (Fsp3) is 0.0667. The summed E-state index contributed by atoms with van der Waals surface area (Å²) >= 11 is 6.68. The molecule has 5 aromatic rings. The van der Waals surface area contributed by atoms with Crippen LogP contribution in [0, 0.1) is 12.7 Å². The van der Waals surface area contributed by atoms with Crippen molar-refractivity contribution in [2.24, 2.45) is 0 Å². The van der Waals surface area contributed by atoms with Crippen LogP contribution in [0.3, 0.4) is 0 Å². The Hall–Kier alpha value is -4.02. The second kappa shape index (κ2) is 9.69. The van der Waals surface area contributed by atoms with Crippen LogP contribution < -0.4 is 5.32 Å². The number of hydrogen-bond acceptors (Lipinski definition) is 2. The molecule has 1 aromatic heterocycles. The van der Waals surface area contributed by atoms with E-state index < -0.39 is 0 Å². The second-order valence-electron chi connectivity index (χ2n) is 8.39. The lowest BCUT2D eigenvalue weighted by atomic mass is 10.0. The van der Waals surface area contributed by atoms with Gasteiger partial charge in [0.1, 0.15) is 5.82 Å². The zero-order valence-electron chi connectivity index (χ0n) is 19.0. The molecule has 0 aliphatic heterocycles. The number of pyridine rings is 1. The lowest BCUT2D eigenvalue weighted by Gasteiger charge is -2.14. The van der Waals surface area contributed by atoms with E-state index in [1.807, 2.05) is 67.6 Å². The van der Waals surface area contributed by atoms with E-state index in [4.69, 9.17) is 11.6 Å². The summed E-state index contributed by atoms with van der Waals surface area (Å²) < 4.78 is 13.2. The molecule has 0 spiro atoms. The van der Waals surface area contributed by atoms with Crippen LogP contribution in [0.15, 0.2) is 103 Å². The van der Waals surface area contributed by atoms with Gasteiger partial charge in [-0.3, -0.25) is 9.78 Å². The van der Waals surface area contributed by atoms with E-state index in [-0.39, 0.29) is 17.1 Å².